The molecule has 0 bridgehead atoms. The van der Waals surface area contributed by atoms with Crippen molar-refractivity contribution in [2.45, 2.75) is 37.7 Å². The van der Waals surface area contributed by atoms with E-state index in [-0.39, 0.29) is 5.41 Å². The van der Waals surface area contributed by atoms with Crippen LogP contribution in [-0.2, 0) is 15.8 Å². The molecule has 1 atom stereocenters. The minimum absolute atomic E-state index is 0.323. The van der Waals surface area contributed by atoms with Crippen molar-refractivity contribution in [3.05, 3.63) is 118 Å². The fraction of sp³-hybridized carbons (Fsp3) is 0.295. The minimum atomic E-state index is -0.947. The number of hydrogen-bond donors (Lipinski definition) is 0. The quantitative estimate of drug-likeness (QED) is 0.162. The standard InChI is InChI=1S/C44H42N2O5/c1-6-43(7-2)37-24-28(27-45)8-17-33(37)40-35-25-38(48-4)39(49-5)26-36(35)42-34(41(40)43)18-19-44(51-42,30-11-15-32(47-3)16-12-30)29-9-13-31(14-10-29)46-20-22-50-23-21-46/h8-19,24-26H,6-7,20-23H2,1-5H3. The van der Waals surface area contributed by atoms with E-state index >= 15 is 0 Å². The predicted molar refractivity (Wildman–Crippen MR) is 201 cm³/mol. The number of nitrogens with zero attached hydrogens (tertiary/aromatic N) is 2. The molecular formula is C44H42N2O5. The van der Waals surface area contributed by atoms with Crippen LogP contribution in [0.4, 0.5) is 5.69 Å². The molecule has 1 aliphatic carbocycles. The van der Waals surface area contributed by atoms with Gasteiger partial charge in [0.05, 0.1) is 46.2 Å². The van der Waals surface area contributed by atoms with Crippen LogP contribution in [-0.4, -0.2) is 47.6 Å². The monoisotopic (exact) mass is 678 g/mol. The number of nitriles is 1. The summed E-state index contributed by atoms with van der Waals surface area (Å²) in [4.78, 5) is 2.36. The molecule has 5 aromatic rings. The van der Waals surface area contributed by atoms with Crippen LogP contribution in [0.3, 0.4) is 0 Å². The zero-order valence-corrected chi connectivity index (χ0v) is 29.8. The first-order valence-corrected chi connectivity index (χ1v) is 17.7. The molecule has 8 rings (SSSR count). The molecular weight excluding hydrogens is 636 g/mol. The van der Waals surface area contributed by atoms with E-state index in [0.717, 1.165) is 94.9 Å². The van der Waals surface area contributed by atoms with E-state index in [1.54, 1.807) is 21.3 Å². The van der Waals surface area contributed by atoms with E-state index in [4.69, 9.17) is 23.7 Å². The van der Waals surface area contributed by atoms with Crippen LogP contribution in [0, 0.1) is 11.3 Å². The Morgan fingerprint density at radius 2 is 1.43 bits per heavy atom. The molecule has 3 aliphatic rings. The molecule has 2 heterocycles. The first-order valence-electron chi connectivity index (χ1n) is 17.7. The Kier molecular flexibility index (Phi) is 8.16. The highest BCUT2D eigenvalue weighted by Crippen LogP contribution is 2.61. The smallest absolute Gasteiger partial charge is 0.178 e. The lowest BCUT2D eigenvalue weighted by atomic mass is 9.71. The van der Waals surface area contributed by atoms with Crippen molar-refractivity contribution in [1.29, 1.82) is 5.26 Å². The van der Waals surface area contributed by atoms with Gasteiger partial charge < -0.3 is 28.6 Å². The van der Waals surface area contributed by atoms with Crippen LogP contribution in [0.1, 0.15) is 60.1 Å². The number of benzene rings is 5. The first kappa shape index (κ1) is 32.7. The number of methoxy groups -OCH3 is 3. The van der Waals surface area contributed by atoms with Crippen molar-refractivity contribution in [1.82, 2.24) is 0 Å². The zero-order chi connectivity index (χ0) is 35.3. The maximum atomic E-state index is 9.96. The van der Waals surface area contributed by atoms with Crippen molar-refractivity contribution < 1.29 is 23.7 Å². The summed E-state index contributed by atoms with van der Waals surface area (Å²) in [7, 11) is 5.02. The maximum Gasteiger partial charge on any atom is 0.178 e. The van der Waals surface area contributed by atoms with Crippen molar-refractivity contribution >= 4 is 22.5 Å². The molecule has 0 spiro atoms. The van der Waals surface area contributed by atoms with Gasteiger partial charge in [-0.05, 0) is 95.1 Å². The fourth-order valence-electron chi connectivity index (χ4n) is 8.65. The third-order valence-corrected chi connectivity index (χ3v) is 11.4. The second-order valence-corrected chi connectivity index (χ2v) is 13.5. The first-order chi connectivity index (χ1) is 24.9. The minimum Gasteiger partial charge on any atom is -0.497 e. The Labute approximate surface area is 299 Å². The van der Waals surface area contributed by atoms with Crippen molar-refractivity contribution in [3.63, 3.8) is 0 Å². The van der Waals surface area contributed by atoms with Gasteiger partial charge in [-0.15, -0.1) is 0 Å². The van der Waals surface area contributed by atoms with Crippen molar-refractivity contribution in [3.8, 4) is 40.2 Å². The molecule has 0 N–H and O–H groups in total. The lowest BCUT2D eigenvalue weighted by molar-refractivity contribution is 0.122. The van der Waals surface area contributed by atoms with E-state index in [0.29, 0.717) is 17.1 Å². The van der Waals surface area contributed by atoms with Gasteiger partial charge in [0.1, 0.15) is 11.5 Å². The molecule has 0 saturated carbocycles. The van der Waals surface area contributed by atoms with Crippen LogP contribution in [0.2, 0.25) is 0 Å². The van der Waals surface area contributed by atoms with E-state index < -0.39 is 5.60 Å². The van der Waals surface area contributed by atoms with Gasteiger partial charge in [0, 0.05) is 46.3 Å². The van der Waals surface area contributed by atoms with Gasteiger partial charge in [-0.1, -0.05) is 50.3 Å². The summed E-state index contributed by atoms with van der Waals surface area (Å²) in [6.07, 6.45) is 6.22. The molecule has 1 saturated heterocycles. The number of ether oxygens (including phenoxy) is 5. The Bertz CT molecular complexity index is 2210. The third kappa shape index (κ3) is 4.88. The topological polar surface area (TPSA) is 73.2 Å². The molecule has 258 valence electrons. The van der Waals surface area contributed by atoms with Crippen molar-refractivity contribution in [2.24, 2.45) is 0 Å². The number of fused-ring (bicyclic) bond motifs is 8. The summed E-state index contributed by atoms with van der Waals surface area (Å²) in [6, 6.07) is 29.6. The largest absolute Gasteiger partial charge is 0.497 e. The van der Waals surface area contributed by atoms with E-state index in [1.165, 1.54) is 11.1 Å². The SMILES string of the molecule is CCC1(CC)c2cc(C#N)ccc2-c2c1c1c(c3cc(OC)c(OC)cc23)OC(c2ccc(OC)cc2)(c2ccc(N3CCOCC3)cc2)C=C1. The second kappa shape index (κ2) is 12.7. The van der Waals surface area contributed by atoms with Crippen LogP contribution >= 0.6 is 0 Å². The Morgan fingerprint density at radius 3 is 2.04 bits per heavy atom. The lowest BCUT2D eigenvalue weighted by Gasteiger charge is -2.39. The van der Waals surface area contributed by atoms with Crippen LogP contribution in [0.5, 0.6) is 23.0 Å². The second-order valence-electron chi connectivity index (χ2n) is 13.5. The summed E-state index contributed by atoms with van der Waals surface area (Å²) in [5, 5.41) is 11.9. The molecule has 1 fully saturated rings. The fourth-order valence-corrected chi connectivity index (χ4v) is 8.65. The number of morpholine rings is 1. The normalized spacial score (nSPS) is 18.3. The molecule has 1 unspecified atom stereocenters. The Hall–Kier alpha value is -5.45. The average Bonchev–Trinajstić information content (AvgIpc) is 3.50. The Morgan fingerprint density at radius 1 is 0.784 bits per heavy atom. The van der Waals surface area contributed by atoms with E-state index in [9.17, 15) is 5.26 Å². The highest BCUT2D eigenvalue weighted by Gasteiger charge is 2.47. The molecule has 51 heavy (non-hydrogen) atoms. The van der Waals surface area contributed by atoms with Crippen molar-refractivity contribution in [2.75, 3.05) is 52.5 Å². The third-order valence-electron chi connectivity index (χ3n) is 11.4. The molecule has 7 heteroatoms. The predicted octanol–water partition coefficient (Wildman–Crippen LogP) is 9.01. The van der Waals surface area contributed by atoms with Crippen LogP contribution in [0.25, 0.3) is 28.0 Å². The van der Waals surface area contributed by atoms with Gasteiger partial charge in [-0.3, -0.25) is 0 Å². The molecule has 0 radical (unpaired) electrons. The Balaban J connectivity index is 1.42. The molecule has 0 aromatic heterocycles. The van der Waals surface area contributed by atoms with Gasteiger partial charge in [-0.25, -0.2) is 0 Å². The highest BCUT2D eigenvalue weighted by molar-refractivity contribution is 6.09. The summed E-state index contributed by atoms with van der Waals surface area (Å²) in [5.41, 5.74) is 8.33. The molecule has 2 aliphatic heterocycles. The molecule has 5 aromatic carbocycles. The summed E-state index contributed by atoms with van der Waals surface area (Å²) in [6.45, 7) is 7.68. The summed E-state index contributed by atoms with van der Waals surface area (Å²) in [5.74, 6) is 2.85. The highest BCUT2D eigenvalue weighted by atomic mass is 16.5. The number of anilines is 1. The maximum absolute atomic E-state index is 9.96. The average molecular weight is 679 g/mol. The van der Waals surface area contributed by atoms with Gasteiger partial charge in [0.25, 0.3) is 0 Å². The lowest BCUT2D eigenvalue weighted by Crippen LogP contribution is -2.37. The summed E-state index contributed by atoms with van der Waals surface area (Å²) >= 11 is 0. The van der Waals surface area contributed by atoms with Crippen LogP contribution in [0.15, 0.2) is 84.9 Å². The number of rotatable bonds is 8. The van der Waals surface area contributed by atoms with Gasteiger partial charge in [-0.2, -0.15) is 5.26 Å². The van der Waals surface area contributed by atoms with E-state index in [2.05, 4.69) is 91.6 Å². The number of hydrogen-bond acceptors (Lipinski definition) is 7. The van der Waals surface area contributed by atoms with Gasteiger partial charge in [0.15, 0.2) is 17.1 Å². The van der Waals surface area contributed by atoms with E-state index in [1.807, 2.05) is 24.3 Å². The van der Waals surface area contributed by atoms with Gasteiger partial charge in [0.2, 0.25) is 0 Å². The zero-order valence-electron chi connectivity index (χ0n) is 29.8. The van der Waals surface area contributed by atoms with Crippen LogP contribution < -0.4 is 23.8 Å². The molecule has 7 nitrogen and oxygen atoms in total. The molecule has 0 amide bonds. The summed E-state index contributed by atoms with van der Waals surface area (Å²) < 4.78 is 30.5. The van der Waals surface area contributed by atoms with Gasteiger partial charge >= 0.3 is 0 Å².